The average molecular weight is 428 g/mol. The first-order chi connectivity index (χ1) is 10.3. The summed E-state index contributed by atoms with van der Waals surface area (Å²) < 4.78 is 32.2. The number of nitrogens with two attached hydrogens (primary N) is 1. The highest BCUT2D eigenvalue weighted by molar-refractivity contribution is 9.10. The van der Waals surface area contributed by atoms with Gasteiger partial charge in [-0.15, -0.1) is 0 Å². The Balaban J connectivity index is 2.50. The molecule has 2 aromatic rings. The lowest BCUT2D eigenvalue weighted by molar-refractivity contribution is 0.397. The standard InChI is InChI=1S/C11H9BrCl2N4O3S/c1-21-11-10(17-9(15)8(12)16-11)18-22(19,20)6-4-2-3-5(13)7(6)14/h2-4H,1H3,(H3,15,17,18). The molecule has 0 atom stereocenters. The fourth-order valence-corrected chi connectivity index (χ4v) is 3.51. The maximum Gasteiger partial charge on any atom is 0.264 e. The molecule has 7 nitrogen and oxygen atoms in total. The van der Waals surface area contributed by atoms with E-state index >= 15 is 0 Å². The Bertz CT molecular complexity index is 832. The second-order valence-corrected chi connectivity index (χ2v) is 7.10. The first-order valence-electron chi connectivity index (χ1n) is 5.60. The van der Waals surface area contributed by atoms with Gasteiger partial charge in [0, 0.05) is 0 Å². The molecule has 1 aromatic heterocycles. The number of aromatic nitrogens is 2. The molecule has 0 radical (unpaired) electrons. The van der Waals surface area contributed by atoms with E-state index in [-0.39, 0.29) is 37.1 Å². The third-order valence-electron chi connectivity index (χ3n) is 2.48. The van der Waals surface area contributed by atoms with Crippen LogP contribution in [-0.2, 0) is 10.0 Å². The summed E-state index contributed by atoms with van der Waals surface area (Å²) in [6.07, 6.45) is 0. The molecule has 118 valence electrons. The van der Waals surface area contributed by atoms with Gasteiger partial charge in [-0.1, -0.05) is 29.3 Å². The number of hydrogen-bond acceptors (Lipinski definition) is 6. The van der Waals surface area contributed by atoms with Gasteiger partial charge in [0.2, 0.25) is 5.82 Å². The minimum Gasteiger partial charge on any atom is -0.478 e. The lowest BCUT2D eigenvalue weighted by atomic mass is 10.4. The molecule has 22 heavy (non-hydrogen) atoms. The van der Waals surface area contributed by atoms with Gasteiger partial charge in [-0.2, -0.15) is 4.98 Å². The molecule has 0 unspecified atom stereocenters. The van der Waals surface area contributed by atoms with E-state index in [1.165, 1.54) is 25.3 Å². The molecule has 3 N–H and O–H groups in total. The molecular weight excluding hydrogens is 419 g/mol. The maximum atomic E-state index is 12.4. The number of sulfonamides is 1. The van der Waals surface area contributed by atoms with Crippen LogP contribution in [-0.4, -0.2) is 25.5 Å². The van der Waals surface area contributed by atoms with Crippen molar-refractivity contribution < 1.29 is 13.2 Å². The van der Waals surface area contributed by atoms with Crippen molar-refractivity contribution in [1.82, 2.24) is 9.97 Å². The Hall–Kier alpha value is -1.29. The largest absolute Gasteiger partial charge is 0.478 e. The minimum atomic E-state index is -4.05. The van der Waals surface area contributed by atoms with E-state index in [4.69, 9.17) is 33.7 Å². The van der Waals surface area contributed by atoms with Crippen molar-refractivity contribution in [2.45, 2.75) is 4.90 Å². The first kappa shape index (κ1) is 17.1. The van der Waals surface area contributed by atoms with Crippen molar-refractivity contribution in [3.63, 3.8) is 0 Å². The second-order valence-electron chi connectivity index (χ2n) is 3.91. The lowest BCUT2D eigenvalue weighted by Gasteiger charge is -2.12. The number of nitrogen functional groups attached to an aromatic ring is 1. The summed E-state index contributed by atoms with van der Waals surface area (Å²) >= 11 is 14.8. The van der Waals surface area contributed by atoms with Crippen LogP contribution in [0.2, 0.25) is 10.0 Å². The summed E-state index contributed by atoms with van der Waals surface area (Å²) in [5.41, 5.74) is 5.60. The van der Waals surface area contributed by atoms with Gasteiger partial charge in [0.25, 0.3) is 15.9 Å². The monoisotopic (exact) mass is 426 g/mol. The normalized spacial score (nSPS) is 11.3. The van der Waals surface area contributed by atoms with Gasteiger partial charge in [0.15, 0.2) is 10.4 Å². The number of anilines is 2. The fourth-order valence-electron chi connectivity index (χ4n) is 1.50. The van der Waals surface area contributed by atoms with Gasteiger partial charge in [-0.3, -0.25) is 4.72 Å². The molecule has 0 fully saturated rings. The maximum absolute atomic E-state index is 12.4. The van der Waals surface area contributed by atoms with Crippen LogP contribution in [0.15, 0.2) is 27.7 Å². The van der Waals surface area contributed by atoms with Crippen LogP contribution in [0.25, 0.3) is 0 Å². The van der Waals surface area contributed by atoms with Crippen molar-refractivity contribution in [2.75, 3.05) is 17.6 Å². The average Bonchev–Trinajstić information content (AvgIpc) is 2.45. The molecule has 1 heterocycles. The van der Waals surface area contributed by atoms with E-state index in [9.17, 15) is 8.42 Å². The molecule has 1 aromatic carbocycles. The molecule has 0 saturated carbocycles. The summed E-state index contributed by atoms with van der Waals surface area (Å²) in [6, 6.07) is 4.24. The molecule has 0 aliphatic heterocycles. The van der Waals surface area contributed by atoms with Crippen LogP contribution in [0, 0.1) is 0 Å². The number of nitrogens with zero attached hydrogens (tertiary/aromatic N) is 2. The number of benzene rings is 1. The van der Waals surface area contributed by atoms with Gasteiger partial charge in [-0.25, -0.2) is 13.4 Å². The zero-order valence-electron chi connectivity index (χ0n) is 11.0. The Labute approximate surface area is 145 Å². The predicted octanol–water partition coefficient (Wildman–Crippen LogP) is 2.94. The molecule has 2 rings (SSSR count). The fraction of sp³-hybridized carbons (Fsp3) is 0.0909. The number of methoxy groups -OCH3 is 1. The highest BCUT2D eigenvalue weighted by atomic mass is 79.9. The van der Waals surface area contributed by atoms with E-state index in [1.54, 1.807) is 0 Å². The van der Waals surface area contributed by atoms with E-state index < -0.39 is 10.0 Å². The zero-order valence-corrected chi connectivity index (χ0v) is 14.9. The summed E-state index contributed by atoms with van der Waals surface area (Å²) in [5, 5.41) is 0.00610. The van der Waals surface area contributed by atoms with Crippen LogP contribution in [0.5, 0.6) is 5.88 Å². The van der Waals surface area contributed by atoms with Crippen LogP contribution < -0.4 is 15.2 Å². The van der Waals surface area contributed by atoms with Crippen molar-refractivity contribution in [2.24, 2.45) is 0 Å². The Kier molecular flexibility index (Phi) is 5.00. The number of ether oxygens (including phenoxy) is 1. The Morgan fingerprint density at radius 1 is 1.32 bits per heavy atom. The van der Waals surface area contributed by atoms with Gasteiger partial charge < -0.3 is 10.5 Å². The van der Waals surface area contributed by atoms with Gasteiger partial charge in [0.1, 0.15) is 4.90 Å². The summed E-state index contributed by atoms with van der Waals surface area (Å²) in [7, 11) is -2.73. The zero-order chi connectivity index (χ0) is 16.5. The quantitative estimate of drug-likeness (QED) is 0.776. The number of nitrogens with one attached hydrogen (secondary N) is 1. The molecular formula is C11H9BrCl2N4O3S. The SMILES string of the molecule is COc1nc(Br)c(N)nc1NS(=O)(=O)c1cccc(Cl)c1Cl. The van der Waals surface area contributed by atoms with Crippen molar-refractivity contribution in [3.05, 3.63) is 32.8 Å². The molecule has 0 amide bonds. The predicted molar refractivity (Wildman–Crippen MR) is 88.0 cm³/mol. The minimum absolute atomic E-state index is 0.00399. The molecule has 0 aliphatic carbocycles. The number of hydrogen-bond donors (Lipinski definition) is 2. The topological polar surface area (TPSA) is 107 Å². The molecule has 0 spiro atoms. The third-order valence-corrected chi connectivity index (χ3v) is 5.37. The molecule has 0 saturated heterocycles. The van der Waals surface area contributed by atoms with Crippen LogP contribution in [0.3, 0.4) is 0 Å². The van der Waals surface area contributed by atoms with Gasteiger partial charge in [0.05, 0.1) is 17.2 Å². The summed E-state index contributed by atoms with van der Waals surface area (Å²) in [6.45, 7) is 0. The number of halogens is 3. The van der Waals surface area contributed by atoms with Crippen LogP contribution >= 0.6 is 39.1 Å². The van der Waals surface area contributed by atoms with Gasteiger partial charge in [-0.05, 0) is 28.1 Å². The van der Waals surface area contributed by atoms with Gasteiger partial charge >= 0.3 is 0 Å². The van der Waals surface area contributed by atoms with Crippen LogP contribution in [0.1, 0.15) is 0 Å². The number of rotatable bonds is 4. The third kappa shape index (κ3) is 3.37. The van der Waals surface area contributed by atoms with E-state index in [2.05, 4.69) is 30.6 Å². The van der Waals surface area contributed by atoms with Crippen molar-refractivity contribution in [1.29, 1.82) is 0 Å². The van der Waals surface area contributed by atoms with Crippen molar-refractivity contribution in [3.8, 4) is 5.88 Å². The van der Waals surface area contributed by atoms with E-state index in [0.29, 0.717) is 0 Å². The molecule has 11 heteroatoms. The summed E-state index contributed by atoms with van der Waals surface area (Å²) in [4.78, 5) is 7.61. The highest BCUT2D eigenvalue weighted by Gasteiger charge is 2.23. The lowest BCUT2D eigenvalue weighted by Crippen LogP contribution is -2.16. The highest BCUT2D eigenvalue weighted by Crippen LogP contribution is 2.32. The smallest absolute Gasteiger partial charge is 0.264 e. The van der Waals surface area contributed by atoms with E-state index in [1.807, 2.05) is 0 Å². The van der Waals surface area contributed by atoms with E-state index in [0.717, 1.165) is 0 Å². The molecule has 0 aliphatic rings. The van der Waals surface area contributed by atoms with Crippen LogP contribution in [0.4, 0.5) is 11.6 Å². The Morgan fingerprint density at radius 2 is 2.00 bits per heavy atom. The molecule has 0 bridgehead atoms. The summed E-state index contributed by atoms with van der Waals surface area (Å²) in [5.74, 6) is -0.224. The Morgan fingerprint density at radius 3 is 2.64 bits per heavy atom. The first-order valence-corrected chi connectivity index (χ1v) is 8.63. The van der Waals surface area contributed by atoms with Crippen molar-refractivity contribution >= 4 is 60.8 Å². The second kappa shape index (κ2) is 6.45.